The number of aromatic nitrogens is 1. The van der Waals surface area contributed by atoms with E-state index in [4.69, 9.17) is 9.47 Å². The Labute approximate surface area is 191 Å². The molecule has 5 rings (SSSR count). The molecule has 3 aliphatic rings. The minimum atomic E-state index is -0.500. The predicted octanol–water partition coefficient (Wildman–Crippen LogP) is 3.57. The lowest BCUT2D eigenvalue weighted by Crippen LogP contribution is -2.33. The van der Waals surface area contributed by atoms with E-state index in [1.807, 2.05) is 24.3 Å². The summed E-state index contributed by atoms with van der Waals surface area (Å²) in [4.78, 5) is 43.6. The largest absolute Gasteiger partial charge is 0.497 e. The van der Waals surface area contributed by atoms with E-state index < -0.39 is 11.4 Å². The number of rotatable bonds is 6. The number of fused-ring (bicyclic) bond motifs is 1. The number of nitrogens with zero attached hydrogens (tertiary/aromatic N) is 1. The summed E-state index contributed by atoms with van der Waals surface area (Å²) in [5, 5.41) is 0. The number of nitrogens with one attached hydrogen (secondary N) is 1. The van der Waals surface area contributed by atoms with Crippen molar-refractivity contribution < 1.29 is 23.9 Å². The van der Waals surface area contributed by atoms with Gasteiger partial charge in [0.05, 0.1) is 18.4 Å². The molecule has 1 aromatic heterocycles. The fourth-order valence-electron chi connectivity index (χ4n) is 5.16. The number of ether oxygens (including phenoxy) is 2. The van der Waals surface area contributed by atoms with Crippen LogP contribution in [-0.2, 0) is 14.9 Å². The summed E-state index contributed by atoms with van der Waals surface area (Å²) in [6, 6.07) is 7.39. The molecule has 7 heteroatoms. The Morgan fingerprint density at radius 2 is 2.06 bits per heavy atom. The van der Waals surface area contributed by atoms with Crippen molar-refractivity contribution in [2.75, 3.05) is 20.3 Å². The summed E-state index contributed by atoms with van der Waals surface area (Å²) in [6.07, 6.45) is 7.11. The second-order valence-corrected chi connectivity index (χ2v) is 8.58. The summed E-state index contributed by atoms with van der Waals surface area (Å²) in [7, 11) is 1.60. The highest BCUT2D eigenvalue weighted by Crippen LogP contribution is 2.67. The monoisotopic (exact) mass is 444 g/mol. The first kappa shape index (κ1) is 21.0. The van der Waals surface area contributed by atoms with Gasteiger partial charge < -0.3 is 19.4 Å². The summed E-state index contributed by atoms with van der Waals surface area (Å²) < 4.78 is 10.5. The third-order valence-corrected chi connectivity index (χ3v) is 6.74. The molecule has 2 atom stereocenters. The van der Waals surface area contributed by atoms with Gasteiger partial charge in [0.2, 0.25) is 5.78 Å². The van der Waals surface area contributed by atoms with Gasteiger partial charge in [0.25, 0.3) is 5.91 Å². The van der Waals surface area contributed by atoms with E-state index in [0.29, 0.717) is 34.8 Å². The molecule has 1 saturated carbocycles. The van der Waals surface area contributed by atoms with Gasteiger partial charge in [-0.3, -0.25) is 9.59 Å². The molecule has 2 fully saturated rings. The molecule has 0 bridgehead atoms. The predicted molar refractivity (Wildman–Crippen MR) is 122 cm³/mol. The van der Waals surface area contributed by atoms with Crippen LogP contribution in [0.15, 0.2) is 54.8 Å². The van der Waals surface area contributed by atoms with Crippen molar-refractivity contribution >= 4 is 23.7 Å². The summed E-state index contributed by atoms with van der Waals surface area (Å²) >= 11 is 0. The van der Waals surface area contributed by atoms with Gasteiger partial charge in [-0.2, -0.15) is 0 Å². The Hall–Kier alpha value is -3.87. The third-order valence-electron chi connectivity index (χ3n) is 6.74. The number of ketones is 1. The summed E-state index contributed by atoms with van der Waals surface area (Å²) in [6.45, 7) is 5.95. The van der Waals surface area contributed by atoms with Crippen molar-refractivity contribution in [2.24, 2.45) is 5.92 Å². The van der Waals surface area contributed by atoms with E-state index in [-0.39, 0.29) is 24.2 Å². The number of piperidine rings is 1. The van der Waals surface area contributed by atoms with Crippen molar-refractivity contribution in [3.8, 4) is 5.75 Å². The molecule has 2 heterocycles. The Bertz CT molecular complexity index is 1250. The lowest BCUT2D eigenvalue weighted by Gasteiger charge is -2.27. The van der Waals surface area contributed by atoms with E-state index in [9.17, 15) is 14.4 Å². The first-order chi connectivity index (χ1) is 15.9. The van der Waals surface area contributed by atoms with Crippen LogP contribution in [0.1, 0.15) is 44.1 Å². The van der Waals surface area contributed by atoms with Crippen LogP contribution in [0.25, 0.3) is 6.08 Å². The number of aromatic amines is 1. The third kappa shape index (κ3) is 3.15. The number of hydrogen-bond donors (Lipinski definition) is 1. The van der Waals surface area contributed by atoms with Gasteiger partial charge in [-0.05, 0) is 43.0 Å². The number of benzene rings is 1. The minimum absolute atomic E-state index is 0.0893. The molecule has 2 aliphatic carbocycles. The van der Waals surface area contributed by atoms with Crippen LogP contribution < -0.4 is 4.74 Å². The van der Waals surface area contributed by atoms with E-state index in [1.54, 1.807) is 31.1 Å². The highest BCUT2D eigenvalue weighted by atomic mass is 16.5. The first-order valence-corrected chi connectivity index (χ1v) is 10.8. The molecule has 7 nitrogen and oxygen atoms in total. The maximum atomic E-state index is 13.1. The van der Waals surface area contributed by atoms with Gasteiger partial charge in [0.15, 0.2) is 0 Å². The fourth-order valence-corrected chi connectivity index (χ4v) is 5.16. The van der Waals surface area contributed by atoms with Crippen molar-refractivity contribution in [3.05, 3.63) is 82.8 Å². The summed E-state index contributed by atoms with van der Waals surface area (Å²) in [5.74, 6) is -0.00639. The first-order valence-electron chi connectivity index (χ1n) is 10.8. The zero-order chi connectivity index (χ0) is 23.3. The van der Waals surface area contributed by atoms with Crippen molar-refractivity contribution in [1.29, 1.82) is 0 Å². The van der Waals surface area contributed by atoms with E-state index in [2.05, 4.69) is 11.6 Å². The molecular formula is C26H24N2O5. The van der Waals surface area contributed by atoms with Crippen LogP contribution in [0.2, 0.25) is 0 Å². The van der Waals surface area contributed by atoms with Gasteiger partial charge in [-0.15, -0.1) is 0 Å². The van der Waals surface area contributed by atoms with Crippen LogP contribution in [0.5, 0.6) is 5.75 Å². The zero-order valence-corrected chi connectivity index (χ0v) is 18.5. The van der Waals surface area contributed by atoms with E-state index in [0.717, 1.165) is 17.7 Å². The minimum Gasteiger partial charge on any atom is -0.497 e. The second kappa shape index (κ2) is 7.62. The Kier molecular flexibility index (Phi) is 4.85. The quantitative estimate of drug-likeness (QED) is 0.418. The molecule has 2 aromatic rings. The highest BCUT2D eigenvalue weighted by molar-refractivity contribution is 6.11. The number of esters is 1. The molecule has 1 aliphatic heterocycles. The molecule has 1 amide bonds. The molecule has 33 heavy (non-hydrogen) atoms. The van der Waals surface area contributed by atoms with Crippen LogP contribution in [0.4, 0.5) is 0 Å². The number of H-pyrrole nitrogens is 1. The lowest BCUT2D eigenvalue weighted by atomic mass is 9.82. The van der Waals surface area contributed by atoms with Crippen LogP contribution in [0, 0.1) is 12.8 Å². The zero-order valence-electron chi connectivity index (χ0n) is 18.5. The number of carbonyl (C=O) groups is 3. The number of likely N-dealkylation sites (tertiary alicyclic amines) is 1. The van der Waals surface area contributed by atoms with Gasteiger partial charge >= 0.3 is 5.97 Å². The Morgan fingerprint density at radius 3 is 2.76 bits per heavy atom. The lowest BCUT2D eigenvalue weighted by molar-refractivity contribution is -0.123. The maximum Gasteiger partial charge on any atom is 0.340 e. The Balaban J connectivity index is 1.45. The molecule has 0 radical (unpaired) electrons. The van der Waals surface area contributed by atoms with E-state index >= 15 is 0 Å². The standard InChI is InChI=1S/C26H24N2O5/c1-4-11-33-25(31)22-15(2)27-24-19(29)12-20-26(23(22)24)13-17(26)14-28(20)21(30)10-7-16-5-8-18(32-3)9-6-16/h4-10,12,17,27H,1,11,13-14H2,2-3H3/b10-7+/t17-,26+/m1/s1. The van der Waals surface area contributed by atoms with Crippen molar-refractivity contribution in [1.82, 2.24) is 9.88 Å². The SMILES string of the molecule is C=CCOC(=O)c1c(C)[nH]c2c1[C@@]13C[C@@H]1CN(C(=O)/C=C/c1ccc(OC)cc1)C3=CC2=O. The van der Waals surface area contributed by atoms with Crippen molar-refractivity contribution in [2.45, 2.75) is 18.8 Å². The van der Waals surface area contributed by atoms with Gasteiger partial charge in [0, 0.05) is 41.1 Å². The molecule has 1 aromatic carbocycles. The highest BCUT2D eigenvalue weighted by Gasteiger charge is 2.68. The topological polar surface area (TPSA) is 88.7 Å². The van der Waals surface area contributed by atoms with Gasteiger partial charge in [-0.25, -0.2) is 4.79 Å². The average molecular weight is 444 g/mol. The normalized spacial score (nSPS) is 22.4. The van der Waals surface area contributed by atoms with Gasteiger partial charge in [0.1, 0.15) is 12.4 Å². The number of carbonyl (C=O) groups excluding carboxylic acids is 3. The molecule has 1 N–H and O–H groups in total. The molecular weight excluding hydrogens is 420 g/mol. The number of amides is 1. The molecule has 0 unspecified atom stereocenters. The second-order valence-electron chi connectivity index (χ2n) is 8.58. The average Bonchev–Trinajstić information content (AvgIpc) is 3.26. The summed E-state index contributed by atoms with van der Waals surface area (Å²) in [5.41, 5.74) is 3.14. The smallest absolute Gasteiger partial charge is 0.340 e. The Morgan fingerprint density at radius 1 is 1.30 bits per heavy atom. The number of hydrogen-bond acceptors (Lipinski definition) is 5. The molecule has 1 spiro atoms. The van der Waals surface area contributed by atoms with Crippen molar-refractivity contribution in [3.63, 3.8) is 0 Å². The number of aryl methyl sites for hydroxylation is 1. The van der Waals surface area contributed by atoms with Crippen LogP contribution >= 0.6 is 0 Å². The maximum absolute atomic E-state index is 13.1. The van der Waals surface area contributed by atoms with Crippen LogP contribution in [-0.4, -0.2) is 47.8 Å². The van der Waals surface area contributed by atoms with Crippen LogP contribution in [0.3, 0.4) is 0 Å². The number of allylic oxidation sites excluding steroid dienone is 2. The fraction of sp³-hybridized carbons (Fsp3) is 0.269. The molecule has 168 valence electrons. The molecule has 1 saturated heterocycles. The number of methoxy groups -OCH3 is 1. The van der Waals surface area contributed by atoms with E-state index in [1.165, 1.54) is 12.2 Å². The van der Waals surface area contributed by atoms with Gasteiger partial charge in [-0.1, -0.05) is 24.8 Å².